The first-order valence-electron chi connectivity index (χ1n) is 3.82. The van der Waals surface area contributed by atoms with Crippen molar-refractivity contribution in [3.63, 3.8) is 0 Å². The lowest BCUT2D eigenvalue weighted by molar-refractivity contribution is 0.311. The van der Waals surface area contributed by atoms with Crippen LogP contribution in [0.3, 0.4) is 0 Å². The summed E-state index contributed by atoms with van der Waals surface area (Å²) in [6.07, 6.45) is 0. The van der Waals surface area contributed by atoms with Crippen LogP contribution >= 0.6 is 34.8 Å². The molecule has 0 radical (unpaired) electrons. The molecule has 1 atom stereocenters. The van der Waals surface area contributed by atoms with E-state index in [-0.39, 0.29) is 0 Å². The first-order chi connectivity index (χ1) is 6.06. The molecule has 0 N–H and O–H groups in total. The summed E-state index contributed by atoms with van der Waals surface area (Å²) in [5, 5.41) is 0. The summed E-state index contributed by atoms with van der Waals surface area (Å²) in [7, 11) is 0. The molecule has 1 aliphatic heterocycles. The third-order valence-electron chi connectivity index (χ3n) is 2.13. The molecule has 0 spiro atoms. The SMILES string of the molecule is ClC(Cl)(Cl)C1(c2ccccc2)CO1. The van der Waals surface area contributed by atoms with Gasteiger partial charge in [0.1, 0.15) is 0 Å². The van der Waals surface area contributed by atoms with E-state index in [9.17, 15) is 0 Å². The highest BCUT2D eigenvalue weighted by Crippen LogP contribution is 2.55. The van der Waals surface area contributed by atoms with E-state index < -0.39 is 9.39 Å². The van der Waals surface area contributed by atoms with Gasteiger partial charge in [0.2, 0.25) is 3.79 Å². The number of alkyl halides is 3. The summed E-state index contributed by atoms with van der Waals surface area (Å²) in [6, 6.07) is 9.51. The van der Waals surface area contributed by atoms with E-state index in [1.54, 1.807) is 0 Å². The van der Waals surface area contributed by atoms with Gasteiger partial charge in [-0.05, 0) is 5.56 Å². The Balaban J connectivity index is 2.37. The number of epoxide rings is 1. The molecule has 1 saturated heterocycles. The van der Waals surface area contributed by atoms with Gasteiger partial charge in [-0.1, -0.05) is 65.1 Å². The van der Waals surface area contributed by atoms with Gasteiger partial charge in [0, 0.05) is 0 Å². The van der Waals surface area contributed by atoms with Crippen molar-refractivity contribution < 1.29 is 4.74 Å². The average molecular weight is 238 g/mol. The lowest BCUT2D eigenvalue weighted by Crippen LogP contribution is -2.26. The van der Waals surface area contributed by atoms with Crippen LogP contribution in [-0.2, 0) is 10.3 Å². The fourth-order valence-corrected chi connectivity index (χ4v) is 1.93. The van der Waals surface area contributed by atoms with E-state index in [1.807, 2.05) is 30.3 Å². The lowest BCUT2D eigenvalue weighted by atomic mass is 10.0. The smallest absolute Gasteiger partial charge is 0.225 e. The molecule has 13 heavy (non-hydrogen) atoms. The Labute approximate surface area is 91.5 Å². The van der Waals surface area contributed by atoms with E-state index >= 15 is 0 Å². The topological polar surface area (TPSA) is 12.5 Å². The number of hydrogen-bond acceptors (Lipinski definition) is 1. The fraction of sp³-hybridized carbons (Fsp3) is 0.333. The monoisotopic (exact) mass is 236 g/mol. The minimum Gasteiger partial charge on any atom is -0.360 e. The number of benzene rings is 1. The van der Waals surface area contributed by atoms with Gasteiger partial charge in [-0.15, -0.1) is 0 Å². The molecule has 0 amide bonds. The summed E-state index contributed by atoms with van der Waals surface area (Å²) < 4.78 is 3.86. The maximum atomic E-state index is 5.83. The molecule has 2 rings (SSSR count). The second kappa shape index (κ2) is 3.03. The molecule has 1 aromatic rings. The summed E-state index contributed by atoms with van der Waals surface area (Å²) in [4.78, 5) is 0. The molecule has 0 aliphatic carbocycles. The highest BCUT2D eigenvalue weighted by Gasteiger charge is 2.61. The third-order valence-corrected chi connectivity index (χ3v) is 3.05. The van der Waals surface area contributed by atoms with Gasteiger partial charge in [0.15, 0.2) is 5.60 Å². The largest absolute Gasteiger partial charge is 0.360 e. The molecule has 1 fully saturated rings. The molecule has 0 saturated carbocycles. The van der Waals surface area contributed by atoms with Gasteiger partial charge in [-0.2, -0.15) is 0 Å². The summed E-state index contributed by atoms with van der Waals surface area (Å²) in [6.45, 7) is 0.466. The van der Waals surface area contributed by atoms with Crippen LogP contribution in [0, 0.1) is 0 Å². The normalized spacial score (nSPS) is 27.3. The molecule has 1 heterocycles. The van der Waals surface area contributed by atoms with Crippen LogP contribution in [0.15, 0.2) is 30.3 Å². The minimum absolute atomic E-state index is 0.466. The second-order valence-corrected chi connectivity index (χ2v) is 5.26. The van der Waals surface area contributed by atoms with Gasteiger partial charge in [0.05, 0.1) is 6.61 Å². The summed E-state index contributed by atoms with van der Waals surface area (Å²) in [5.41, 5.74) is 0.189. The Morgan fingerprint density at radius 2 is 1.69 bits per heavy atom. The van der Waals surface area contributed by atoms with Gasteiger partial charge in [-0.25, -0.2) is 0 Å². The molecule has 0 aromatic heterocycles. The molecular formula is C9H7Cl3O. The van der Waals surface area contributed by atoms with E-state index in [0.29, 0.717) is 6.61 Å². The highest BCUT2D eigenvalue weighted by atomic mass is 35.6. The zero-order valence-corrected chi connectivity index (χ0v) is 8.90. The van der Waals surface area contributed by atoms with Crippen LogP contribution < -0.4 is 0 Å². The average Bonchev–Trinajstić information content (AvgIpc) is 2.84. The lowest BCUT2D eigenvalue weighted by Gasteiger charge is -2.20. The Morgan fingerprint density at radius 1 is 1.15 bits per heavy atom. The zero-order valence-electron chi connectivity index (χ0n) is 6.64. The van der Waals surface area contributed by atoms with Crippen LogP contribution in [-0.4, -0.2) is 10.4 Å². The maximum absolute atomic E-state index is 5.83. The van der Waals surface area contributed by atoms with Gasteiger partial charge in [-0.3, -0.25) is 0 Å². The van der Waals surface area contributed by atoms with Crippen molar-refractivity contribution in [2.45, 2.75) is 9.39 Å². The number of halogens is 3. The predicted molar refractivity (Wildman–Crippen MR) is 54.4 cm³/mol. The van der Waals surface area contributed by atoms with E-state index in [2.05, 4.69) is 0 Å². The molecule has 1 aromatic carbocycles. The van der Waals surface area contributed by atoms with Crippen LogP contribution in [0.1, 0.15) is 5.56 Å². The van der Waals surface area contributed by atoms with Crippen molar-refractivity contribution in [2.24, 2.45) is 0 Å². The molecule has 1 nitrogen and oxygen atoms in total. The Hall–Kier alpha value is 0.0500. The molecule has 1 aliphatic rings. The molecular weight excluding hydrogens is 230 g/mol. The van der Waals surface area contributed by atoms with Crippen molar-refractivity contribution in [3.05, 3.63) is 35.9 Å². The second-order valence-electron chi connectivity index (χ2n) is 2.98. The van der Waals surface area contributed by atoms with Crippen molar-refractivity contribution in [1.29, 1.82) is 0 Å². The van der Waals surface area contributed by atoms with E-state index in [4.69, 9.17) is 39.5 Å². The first kappa shape index (κ1) is 9.60. The summed E-state index contributed by atoms with van der Waals surface area (Å²) >= 11 is 17.5. The molecule has 0 bridgehead atoms. The Kier molecular flexibility index (Phi) is 2.23. The standard InChI is InChI=1S/C9H7Cl3O/c10-9(11,12)8(6-13-8)7-4-2-1-3-5-7/h1-5H,6H2. The number of hydrogen-bond donors (Lipinski definition) is 0. The van der Waals surface area contributed by atoms with Gasteiger partial charge >= 0.3 is 0 Å². The van der Waals surface area contributed by atoms with Gasteiger partial charge < -0.3 is 4.74 Å². The maximum Gasteiger partial charge on any atom is 0.225 e. The Morgan fingerprint density at radius 3 is 2.08 bits per heavy atom. The van der Waals surface area contributed by atoms with Crippen molar-refractivity contribution in [2.75, 3.05) is 6.61 Å². The number of ether oxygens (including phenoxy) is 1. The van der Waals surface area contributed by atoms with Crippen LogP contribution in [0.5, 0.6) is 0 Å². The summed E-state index contributed by atoms with van der Waals surface area (Å²) in [5.74, 6) is 0. The third kappa shape index (κ3) is 1.55. The molecule has 70 valence electrons. The number of rotatable bonds is 1. The van der Waals surface area contributed by atoms with E-state index in [0.717, 1.165) is 5.56 Å². The molecule has 4 heteroatoms. The Bertz CT molecular complexity index is 300. The minimum atomic E-state index is -1.39. The first-order valence-corrected chi connectivity index (χ1v) is 4.96. The van der Waals surface area contributed by atoms with Crippen molar-refractivity contribution in [3.8, 4) is 0 Å². The van der Waals surface area contributed by atoms with E-state index in [1.165, 1.54) is 0 Å². The van der Waals surface area contributed by atoms with Crippen LogP contribution in [0.25, 0.3) is 0 Å². The zero-order chi connectivity index (χ0) is 9.53. The highest BCUT2D eigenvalue weighted by molar-refractivity contribution is 6.68. The quantitative estimate of drug-likeness (QED) is 0.539. The van der Waals surface area contributed by atoms with Crippen molar-refractivity contribution in [1.82, 2.24) is 0 Å². The predicted octanol–water partition coefficient (Wildman–Crippen LogP) is 3.28. The fourth-order valence-electron chi connectivity index (χ4n) is 1.27. The van der Waals surface area contributed by atoms with Crippen molar-refractivity contribution >= 4 is 34.8 Å². The molecule has 1 unspecified atom stereocenters. The van der Waals surface area contributed by atoms with Gasteiger partial charge in [0.25, 0.3) is 0 Å². The van der Waals surface area contributed by atoms with Crippen LogP contribution in [0.2, 0.25) is 0 Å². The van der Waals surface area contributed by atoms with Crippen LogP contribution in [0.4, 0.5) is 0 Å².